The van der Waals surface area contributed by atoms with E-state index in [2.05, 4.69) is 13.0 Å². The monoisotopic (exact) mass is 223 g/mol. The predicted octanol–water partition coefficient (Wildman–Crippen LogP) is 4.62. The maximum atomic E-state index is 12.5. The highest BCUT2D eigenvalue weighted by Crippen LogP contribution is 2.32. The lowest BCUT2D eigenvalue weighted by atomic mass is 10.3. The van der Waals surface area contributed by atoms with Crippen molar-refractivity contribution in [3.05, 3.63) is 47.3 Å². The van der Waals surface area contributed by atoms with E-state index in [4.69, 9.17) is 0 Å². The molecule has 0 nitrogen and oxygen atoms in total. The molecule has 0 saturated carbocycles. The van der Waals surface area contributed by atoms with Gasteiger partial charge in [0.25, 0.3) is 0 Å². The number of hydrogen-bond acceptors (Lipinski definition) is 2. The molecule has 71 valence electrons. The molecule has 0 spiro atoms. The first kappa shape index (κ1) is 9.62. The third-order valence-electron chi connectivity index (χ3n) is 1.69. The summed E-state index contributed by atoms with van der Waals surface area (Å²) in [6.07, 6.45) is 1.45. The Kier molecular flexibility index (Phi) is 2.79. The van der Waals surface area contributed by atoms with E-state index in [1.807, 2.05) is 23.6 Å². The minimum Gasteiger partial charge on any atom is -0.212 e. The first-order valence-corrected chi connectivity index (χ1v) is 5.78. The van der Waals surface area contributed by atoms with Gasteiger partial charge in [-0.3, -0.25) is 0 Å². The van der Waals surface area contributed by atoms with E-state index < -0.39 is 5.83 Å². The Morgan fingerprint density at radius 1 is 1.29 bits per heavy atom. The molecule has 2 rings (SSSR count). The number of allylic oxidation sites excluding steroid dienone is 1. The van der Waals surface area contributed by atoms with E-state index in [1.165, 1.54) is 15.8 Å². The quantitative estimate of drug-likeness (QED) is 0.696. The second kappa shape index (κ2) is 4.07. The first-order valence-electron chi connectivity index (χ1n) is 4.08. The van der Waals surface area contributed by atoms with Crippen molar-refractivity contribution in [1.82, 2.24) is 0 Å². The molecule has 3 heteroatoms. The standard InChI is InChI=1S/C11H8FS2/c1-8(12)7-9-4-5-11(14-9)10-3-2-6-13-10/h2-7H,1H2/b8-7-. The highest BCUT2D eigenvalue weighted by molar-refractivity contribution is 7.21. The van der Waals surface area contributed by atoms with Crippen LogP contribution in [0.4, 0.5) is 4.39 Å². The van der Waals surface area contributed by atoms with Crippen LogP contribution in [0.3, 0.4) is 0 Å². The number of halogens is 1. The molecule has 0 unspecified atom stereocenters. The Hall–Kier alpha value is -0.930. The number of thiophene rings is 2. The Morgan fingerprint density at radius 2 is 2.14 bits per heavy atom. The molecular formula is C11H8FS2. The Balaban J connectivity index is 2.31. The van der Waals surface area contributed by atoms with Gasteiger partial charge in [-0.2, -0.15) is 0 Å². The summed E-state index contributed by atoms with van der Waals surface area (Å²) in [7, 11) is 0. The lowest BCUT2D eigenvalue weighted by Gasteiger charge is -1.87. The van der Waals surface area contributed by atoms with Crippen LogP contribution < -0.4 is 0 Å². The maximum Gasteiger partial charge on any atom is 0.102 e. The SMILES string of the molecule is [CH2]/C(F)=C/c1ccc(-c2cccs2)s1. The lowest BCUT2D eigenvalue weighted by molar-refractivity contribution is 0.673. The summed E-state index contributed by atoms with van der Waals surface area (Å²) >= 11 is 3.26. The van der Waals surface area contributed by atoms with Gasteiger partial charge in [-0.15, -0.1) is 22.7 Å². The fourth-order valence-electron chi connectivity index (χ4n) is 1.14. The topological polar surface area (TPSA) is 0 Å². The second-order valence-electron chi connectivity index (χ2n) is 2.77. The summed E-state index contributed by atoms with van der Waals surface area (Å²) in [5.41, 5.74) is 0. The molecule has 2 aromatic heterocycles. The molecule has 0 aliphatic carbocycles. The van der Waals surface area contributed by atoms with Crippen LogP contribution in [0.1, 0.15) is 4.88 Å². The minimum atomic E-state index is -0.399. The molecule has 0 fully saturated rings. The van der Waals surface area contributed by atoms with Gasteiger partial charge in [0.05, 0.1) is 0 Å². The van der Waals surface area contributed by atoms with E-state index in [-0.39, 0.29) is 0 Å². The number of rotatable bonds is 2. The summed E-state index contributed by atoms with van der Waals surface area (Å²) in [6.45, 7) is 3.21. The van der Waals surface area contributed by atoms with Crippen molar-refractivity contribution < 1.29 is 4.39 Å². The van der Waals surface area contributed by atoms with Crippen LogP contribution in [0.25, 0.3) is 15.8 Å². The molecule has 0 amide bonds. The van der Waals surface area contributed by atoms with Gasteiger partial charge in [-0.25, -0.2) is 4.39 Å². The Bertz CT molecular complexity index is 434. The molecule has 1 radical (unpaired) electrons. The third kappa shape index (κ3) is 2.11. The van der Waals surface area contributed by atoms with Crippen molar-refractivity contribution in [1.29, 1.82) is 0 Å². The summed E-state index contributed by atoms with van der Waals surface area (Å²) in [6, 6.07) is 7.98. The van der Waals surface area contributed by atoms with Crippen molar-refractivity contribution in [2.75, 3.05) is 0 Å². The molecule has 2 aromatic rings. The van der Waals surface area contributed by atoms with Crippen molar-refractivity contribution in [3.8, 4) is 9.75 Å². The molecule has 0 bridgehead atoms. The van der Waals surface area contributed by atoms with E-state index in [1.54, 1.807) is 22.7 Å². The largest absolute Gasteiger partial charge is 0.212 e. The van der Waals surface area contributed by atoms with Crippen LogP contribution in [0.2, 0.25) is 0 Å². The lowest BCUT2D eigenvalue weighted by Crippen LogP contribution is -1.59. The third-order valence-corrected chi connectivity index (χ3v) is 3.79. The van der Waals surface area contributed by atoms with Gasteiger partial charge in [0, 0.05) is 21.6 Å². The maximum absolute atomic E-state index is 12.5. The molecule has 0 aromatic carbocycles. The molecule has 0 saturated heterocycles. The highest BCUT2D eigenvalue weighted by Gasteiger charge is 2.01. The summed E-state index contributed by atoms with van der Waals surface area (Å²) in [4.78, 5) is 3.30. The van der Waals surface area contributed by atoms with E-state index in [0.29, 0.717) is 0 Å². The van der Waals surface area contributed by atoms with Crippen LogP contribution >= 0.6 is 22.7 Å². The summed E-state index contributed by atoms with van der Waals surface area (Å²) < 4.78 is 12.5. The molecule has 14 heavy (non-hydrogen) atoms. The number of hydrogen-bond donors (Lipinski definition) is 0. The molecule has 2 heterocycles. The van der Waals surface area contributed by atoms with Gasteiger partial charge >= 0.3 is 0 Å². The van der Waals surface area contributed by atoms with Crippen molar-refractivity contribution in [2.24, 2.45) is 0 Å². The first-order chi connectivity index (χ1) is 6.75. The molecule has 0 aliphatic rings. The van der Waals surface area contributed by atoms with Gasteiger partial charge in [-0.05, 0) is 29.7 Å². The van der Waals surface area contributed by atoms with Crippen LogP contribution in [-0.2, 0) is 0 Å². The Morgan fingerprint density at radius 3 is 2.79 bits per heavy atom. The molecule has 0 aliphatic heterocycles. The summed E-state index contributed by atoms with van der Waals surface area (Å²) in [5.74, 6) is -0.399. The normalized spacial score (nSPS) is 12.0. The van der Waals surface area contributed by atoms with E-state index in [9.17, 15) is 4.39 Å². The average molecular weight is 223 g/mol. The van der Waals surface area contributed by atoms with Crippen LogP contribution in [0, 0.1) is 6.92 Å². The average Bonchev–Trinajstić information content (AvgIpc) is 2.69. The molecular weight excluding hydrogens is 215 g/mol. The van der Waals surface area contributed by atoms with Crippen molar-refractivity contribution in [2.45, 2.75) is 0 Å². The predicted molar refractivity (Wildman–Crippen MR) is 62.1 cm³/mol. The van der Waals surface area contributed by atoms with Gasteiger partial charge < -0.3 is 0 Å². The second-order valence-corrected chi connectivity index (χ2v) is 4.83. The molecule has 0 N–H and O–H groups in total. The summed E-state index contributed by atoms with van der Waals surface area (Å²) in [5, 5.41) is 2.03. The zero-order chi connectivity index (χ0) is 9.97. The van der Waals surface area contributed by atoms with Crippen LogP contribution in [0.5, 0.6) is 0 Å². The van der Waals surface area contributed by atoms with Gasteiger partial charge in [-0.1, -0.05) is 6.07 Å². The minimum absolute atomic E-state index is 0.399. The van der Waals surface area contributed by atoms with E-state index >= 15 is 0 Å². The zero-order valence-electron chi connectivity index (χ0n) is 7.37. The van der Waals surface area contributed by atoms with Gasteiger partial charge in [0.15, 0.2) is 0 Å². The fourth-order valence-corrected chi connectivity index (χ4v) is 2.93. The van der Waals surface area contributed by atoms with E-state index in [0.717, 1.165) is 4.88 Å². The van der Waals surface area contributed by atoms with Gasteiger partial charge in [0.1, 0.15) is 5.83 Å². The van der Waals surface area contributed by atoms with Crippen LogP contribution in [-0.4, -0.2) is 0 Å². The van der Waals surface area contributed by atoms with Crippen molar-refractivity contribution in [3.63, 3.8) is 0 Å². The Labute approximate surface area is 90.3 Å². The fraction of sp³-hybridized carbons (Fsp3) is 0. The molecule has 0 atom stereocenters. The highest BCUT2D eigenvalue weighted by atomic mass is 32.1. The van der Waals surface area contributed by atoms with Crippen molar-refractivity contribution >= 4 is 28.7 Å². The smallest absolute Gasteiger partial charge is 0.102 e. The van der Waals surface area contributed by atoms with Crippen LogP contribution in [0.15, 0.2) is 35.5 Å². The zero-order valence-corrected chi connectivity index (χ0v) is 9.00. The van der Waals surface area contributed by atoms with Gasteiger partial charge in [0.2, 0.25) is 0 Å².